The third-order valence-electron chi connectivity index (χ3n) is 2.43. The van der Waals surface area contributed by atoms with Crippen LogP contribution in [0.3, 0.4) is 0 Å². The molecule has 2 heterocycles. The predicted molar refractivity (Wildman–Crippen MR) is 69.8 cm³/mol. The Morgan fingerprint density at radius 2 is 2.18 bits per heavy atom. The van der Waals surface area contributed by atoms with E-state index >= 15 is 0 Å². The summed E-state index contributed by atoms with van der Waals surface area (Å²) in [6.07, 6.45) is 2.74. The van der Waals surface area contributed by atoms with E-state index in [1.807, 2.05) is 24.6 Å². The van der Waals surface area contributed by atoms with Crippen molar-refractivity contribution in [2.24, 2.45) is 0 Å². The van der Waals surface area contributed by atoms with Gasteiger partial charge in [-0.25, -0.2) is 4.98 Å². The molecule has 0 saturated carbocycles. The first kappa shape index (κ1) is 11.7. The van der Waals surface area contributed by atoms with Gasteiger partial charge in [0.2, 0.25) is 5.95 Å². The lowest BCUT2D eigenvalue weighted by molar-refractivity contribution is 0.786. The number of anilines is 1. The van der Waals surface area contributed by atoms with Crippen molar-refractivity contribution in [3.63, 3.8) is 0 Å². The molecule has 0 aliphatic rings. The molecule has 0 aromatic carbocycles. The fourth-order valence-electron chi connectivity index (χ4n) is 1.68. The largest absolute Gasteiger partial charge is 0.368 e. The van der Waals surface area contributed by atoms with Crippen LogP contribution in [0.1, 0.15) is 25.8 Å². The van der Waals surface area contributed by atoms with Gasteiger partial charge in [-0.3, -0.25) is 0 Å². The number of aryl methyl sites for hydroxylation is 1. The van der Waals surface area contributed by atoms with Crippen LogP contribution in [0.15, 0.2) is 6.20 Å². The Kier molecular flexibility index (Phi) is 3.21. The summed E-state index contributed by atoms with van der Waals surface area (Å²) in [5.41, 5.74) is 7.20. The maximum Gasteiger partial charge on any atom is 0.223 e. The van der Waals surface area contributed by atoms with Crippen molar-refractivity contribution in [2.45, 2.75) is 26.8 Å². The van der Waals surface area contributed by atoms with Crippen molar-refractivity contribution in [3.8, 4) is 11.8 Å². The van der Waals surface area contributed by atoms with Gasteiger partial charge < -0.3 is 10.3 Å². The zero-order valence-electron chi connectivity index (χ0n) is 9.79. The highest BCUT2D eigenvalue weighted by atomic mass is 35.5. The molecule has 0 saturated heterocycles. The molecule has 2 N–H and O–H groups in total. The number of nitrogens with zero attached hydrogens (tertiary/aromatic N) is 3. The summed E-state index contributed by atoms with van der Waals surface area (Å²) in [5, 5.41) is 1.14. The smallest absolute Gasteiger partial charge is 0.223 e. The molecule has 2 aromatic heterocycles. The van der Waals surface area contributed by atoms with Crippen molar-refractivity contribution < 1.29 is 0 Å². The highest BCUT2D eigenvalue weighted by molar-refractivity contribution is 6.34. The number of hydrogen-bond donors (Lipinski definition) is 1. The summed E-state index contributed by atoms with van der Waals surface area (Å²) >= 11 is 6.10. The number of halogens is 1. The molecule has 0 bridgehead atoms. The Hall–Kier alpha value is -1.73. The Morgan fingerprint density at radius 3 is 2.82 bits per heavy atom. The molecular formula is C12H13ClN4. The SMILES string of the molecule is CCC#Cc1cn(CC)c2nc(N)nc(Cl)c12. The van der Waals surface area contributed by atoms with Crippen LogP contribution < -0.4 is 5.73 Å². The molecule has 0 radical (unpaired) electrons. The topological polar surface area (TPSA) is 56.7 Å². The summed E-state index contributed by atoms with van der Waals surface area (Å²) < 4.78 is 1.97. The monoisotopic (exact) mass is 248 g/mol. The van der Waals surface area contributed by atoms with Gasteiger partial charge in [0.05, 0.1) is 10.9 Å². The van der Waals surface area contributed by atoms with Crippen LogP contribution in [-0.2, 0) is 6.54 Å². The number of rotatable bonds is 1. The Labute approximate surface area is 105 Å². The standard InChI is InChI=1S/C12H13ClN4/c1-3-5-6-8-7-17(4-2)11-9(8)10(13)15-12(14)16-11/h7H,3-4H2,1-2H3,(H2,14,15,16). The van der Waals surface area contributed by atoms with Crippen LogP contribution in [0.5, 0.6) is 0 Å². The van der Waals surface area contributed by atoms with Crippen molar-refractivity contribution in [3.05, 3.63) is 16.9 Å². The summed E-state index contributed by atoms with van der Waals surface area (Å²) in [5.74, 6) is 6.29. The van der Waals surface area contributed by atoms with Crippen LogP contribution >= 0.6 is 11.6 Å². The average Bonchev–Trinajstić information content (AvgIpc) is 2.64. The summed E-state index contributed by atoms with van der Waals surface area (Å²) in [6.45, 7) is 4.82. The zero-order chi connectivity index (χ0) is 12.4. The van der Waals surface area contributed by atoms with Gasteiger partial charge in [-0.1, -0.05) is 30.4 Å². The van der Waals surface area contributed by atoms with Crippen LogP contribution in [-0.4, -0.2) is 14.5 Å². The number of hydrogen-bond acceptors (Lipinski definition) is 3. The molecule has 0 amide bonds. The predicted octanol–water partition coefficient (Wildman–Crippen LogP) is 2.45. The van der Waals surface area contributed by atoms with Crippen LogP contribution in [0.25, 0.3) is 11.0 Å². The highest BCUT2D eigenvalue weighted by Crippen LogP contribution is 2.26. The number of fused-ring (bicyclic) bond motifs is 1. The van der Waals surface area contributed by atoms with Crippen LogP contribution in [0.2, 0.25) is 5.15 Å². The molecule has 0 atom stereocenters. The van der Waals surface area contributed by atoms with Gasteiger partial charge in [0.1, 0.15) is 10.8 Å². The summed E-state index contributed by atoms with van der Waals surface area (Å²) in [6, 6.07) is 0. The van der Waals surface area contributed by atoms with Crippen molar-refractivity contribution in [1.82, 2.24) is 14.5 Å². The third-order valence-corrected chi connectivity index (χ3v) is 2.70. The molecule has 2 aromatic rings. The summed E-state index contributed by atoms with van der Waals surface area (Å²) in [4.78, 5) is 8.18. The van der Waals surface area contributed by atoms with E-state index in [-0.39, 0.29) is 5.95 Å². The minimum absolute atomic E-state index is 0.185. The van der Waals surface area contributed by atoms with E-state index in [0.29, 0.717) is 5.15 Å². The maximum atomic E-state index is 6.10. The lowest BCUT2D eigenvalue weighted by atomic mass is 10.2. The first-order chi connectivity index (χ1) is 8.17. The molecule has 2 rings (SSSR count). The lowest BCUT2D eigenvalue weighted by Crippen LogP contribution is -1.99. The zero-order valence-corrected chi connectivity index (χ0v) is 10.5. The molecule has 5 heteroatoms. The minimum atomic E-state index is 0.185. The van der Waals surface area contributed by atoms with Gasteiger partial charge in [0, 0.05) is 19.2 Å². The van der Waals surface area contributed by atoms with E-state index in [1.165, 1.54) is 0 Å². The lowest BCUT2D eigenvalue weighted by Gasteiger charge is -2.00. The van der Waals surface area contributed by atoms with Gasteiger partial charge in [0.25, 0.3) is 0 Å². The molecule has 0 spiro atoms. The van der Waals surface area contributed by atoms with Crippen molar-refractivity contribution >= 4 is 28.6 Å². The Bertz CT molecular complexity index is 619. The fourth-order valence-corrected chi connectivity index (χ4v) is 1.95. The van der Waals surface area contributed by atoms with Crippen LogP contribution in [0, 0.1) is 11.8 Å². The second kappa shape index (κ2) is 4.64. The molecule has 0 unspecified atom stereocenters. The number of nitrogen functional groups attached to an aromatic ring is 1. The van der Waals surface area contributed by atoms with Gasteiger partial charge >= 0.3 is 0 Å². The molecular weight excluding hydrogens is 236 g/mol. The Morgan fingerprint density at radius 1 is 1.41 bits per heavy atom. The fraction of sp³-hybridized carbons (Fsp3) is 0.333. The second-order valence-corrected chi connectivity index (χ2v) is 3.91. The van der Waals surface area contributed by atoms with E-state index in [0.717, 1.165) is 29.6 Å². The van der Waals surface area contributed by atoms with Gasteiger partial charge in [-0.05, 0) is 6.92 Å². The van der Waals surface area contributed by atoms with E-state index in [1.54, 1.807) is 0 Å². The van der Waals surface area contributed by atoms with Crippen molar-refractivity contribution in [2.75, 3.05) is 5.73 Å². The molecule has 0 aliphatic heterocycles. The normalized spacial score (nSPS) is 10.3. The Balaban J connectivity index is 2.78. The van der Waals surface area contributed by atoms with Crippen LogP contribution in [0.4, 0.5) is 5.95 Å². The number of aromatic nitrogens is 3. The number of nitrogens with two attached hydrogens (primary N) is 1. The molecule has 0 fully saturated rings. The molecule has 0 aliphatic carbocycles. The quantitative estimate of drug-likeness (QED) is 0.623. The van der Waals surface area contributed by atoms with E-state index in [9.17, 15) is 0 Å². The highest BCUT2D eigenvalue weighted by Gasteiger charge is 2.13. The van der Waals surface area contributed by atoms with E-state index < -0.39 is 0 Å². The first-order valence-electron chi connectivity index (χ1n) is 5.48. The van der Waals surface area contributed by atoms with Gasteiger partial charge in [0.15, 0.2) is 0 Å². The van der Waals surface area contributed by atoms with Gasteiger partial charge in [-0.15, -0.1) is 0 Å². The average molecular weight is 249 g/mol. The summed E-state index contributed by atoms with van der Waals surface area (Å²) in [7, 11) is 0. The first-order valence-corrected chi connectivity index (χ1v) is 5.85. The molecule has 88 valence electrons. The van der Waals surface area contributed by atoms with E-state index in [4.69, 9.17) is 17.3 Å². The molecule has 17 heavy (non-hydrogen) atoms. The van der Waals surface area contributed by atoms with E-state index in [2.05, 4.69) is 21.8 Å². The maximum absolute atomic E-state index is 6.10. The second-order valence-electron chi connectivity index (χ2n) is 3.56. The van der Waals surface area contributed by atoms with Crippen molar-refractivity contribution in [1.29, 1.82) is 0 Å². The van der Waals surface area contributed by atoms with Gasteiger partial charge in [-0.2, -0.15) is 4.98 Å². The molecule has 4 nitrogen and oxygen atoms in total. The minimum Gasteiger partial charge on any atom is -0.368 e. The third kappa shape index (κ3) is 2.06.